The predicted octanol–water partition coefficient (Wildman–Crippen LogP) is 5.31. The van der Waals surface area contributed by atoms with Gasteiger partial charge in [-0.05, 0) is 49.4 Å². The fourth-order valence-electron chi connectivity index (χ4n) is 3.19. The Labute approximate surface area is 203 Å². The highest BCUT2D eigenvalue weighted by molar-refractivity contribution is 6.05. The van der Waals surface area contributed by atoms with Gasteiger partial charge in [-0.15, -0.1) is 0 Å². The summed E-state index contributed by atoms with van der Waals surface area (Å²) in [5, 5.41) is 18.9. The van der Waals surface area contributed by atoms with Crippen LogP contribution >= 0.6 is 0 Å². The molecule has 0 spiro atoms. The lowest BCUT2D eigenvalue weighted by atomic mass is 10.1. The number of nitro groups is 1. The molecular weight excluding hydrogens is 481 g/mol. The van der Waals surface area contributed by atoms with Crippen LogP contribution in [0.4, 0.5) is 35.9 Å². The number of anilines is 3. The molecule has 9 nitrogen and oxygen atoms in total. The third kappa shape index (κ3) is 6.50. The van der Waals surface area contributed by atoms with Gasteiger partial charge in [0.15, 0.2) is 0 Å². The van der Waals surface area contributed by atoms with Crippen LogP contribution in [0.3, 0.4) is 0 Å². The fraction of sp³-hybridized carbons (Fsp3) is 0.167. The molecule has 0 aliphatic heterocycles. The normalized spacial score (nSPS) is 11.8. The molecule has 3 aromatic rings. The second-order valence-electron chi connectivity index (χ2n) is 7.61. The second kappa shape index (κ2) is 10.8. The third-order valence-corrected chi connectivity index (χ3v) is 5.00. The minimum absolute atomic E-state index is 0.0214. The molecule has 1 atom stereocenters. The highest BCUT2D eigenvalue weighted by Crippen LogP contribution is 2.31. The van der Waals surface area contributed by atoms with E-state index in [1.165, 1.54) is 62.6 Å². The first-order valence-corrected chi connectivity index (χ1v) is 10.5. The molecule has 36 heavy (non-hydrogen) atoms. The number of non-ortho nitro benzene ring substituents is 1. The number of alkyl halides is 3. The lowest BCUT2D eigenvalue weighted by Gasteiger charge is -2.17. The average Bonchev–Trinajstić information content (AvgIpc) is 2.83. The Hall–Kier alpha value is -4.61. The smallest absolute Gasteiger partial charge is 0.416 e. The number of rotatable bonds is 8. The lowest BCUT2D eigenvalue weighted by Crippen LogP contribution is -2.32. The molecule has 1 unspecified atom stereocenters. The van der Waals surface area contributed by atoms with Crippen molar-refractivity contribution in [3.05, 3.63) is 88.0 Å². The van der Waals surface area contributed by atoms with Crippen molar-refractivity contribution < 1.29 is 32.4 Å². The van der Waals surface area contributed by atoms with Gasteiger partial charge in [0.1, 0.15) is 11.8 Å². The molecule has 0 aliphatic carbocycles. The highest BCUT2D eigenvalue weighted by atomic mass is 19.4. The summed E-state index contributed by atoms with van der Waals surface area (Å²) in [6.45, 7) is 1.54. The molecule has 3 N–H and O–H groups in total. The Kier molecular flexibility index (Phi) is 7.77. The molecular formula is C24H21F3N4O5. The zero-order valence-corrected chi connectivity index (χ0v) is 19.1. The Morgan fingerprint density at radius 1 is 0.972 bits per heavy atom. The molecule has 0 aliphatic rings. The van der Waals surface area contributed by atoms with Gasteiger partial charge in [0.25, 0.3) is 11.6 Å². The summed E-state index contributed by atoms with van der Waals surface area (Å²) < 4.78 is 43.9. The highest BCUT2D eigenvalue weighted by Gasteiger charge is 2.30. The van der Waals surface area contributed by atoms with Crippen LogP contribution < -0.4 is 20.7 Å². The monoisotopic (exact) mass is 502 g/mol. The summed E-state index contributed by atoms with van der Waals surface area (Å²) in [5.41, 5.74) is -0.501. The van der Waals surface area contributed by atoms with Crippen LogP contribution in [0.2, 0.25) is 0 Å². The molecule has 3 aromatic carbocycles. The number of halogens is 3. The summed E-state index contributed by atoms with van der Waals surface area (Å²) in [7, 11) is 1.36. The van der Waals surface area contributed by atoms with E-state index in [1.807, 2.05) is 0 Å². The first-order valence-electron chi connectivity index (χ1n) is 10.5. The maximum Gasteiger partial charge on any atom is 0.416 e. The summed E-state index contributed by atoms with van der Waals surface area (Å²) in [4.78, 5) is 35.7. The number of amides is 2. The number of carbonyl (C=O) groups is 2. The van der Waals surface area contributed by atoms with E-state index in [0.717, 1.165) is 12.1 Å². The number of methoxy groups -OCH3 is 1. The quantitative estimate of drug-likeness (QED) is 0.283. The van der Waals surface area contributed by atoms with Gasteiger partial charge in [-0.1, -0.05) is 12.1 Å². The molecule has 0 saturated carbocycles. The van der Waals surface area contributed by atoms with E-state index in [-0.39, 0.29) is 28.4 Å². The van der Waals surface area contributed by atoms with E-state index in [0.29, 0.717) is 5.69 Å². The number of nitrogens with one attached hydrogen (secondary N) is 3. The van der Waals surface area contributed by atoms with Crippen molar-refractivity contribution in [2.24, 2.45) is 0 Å². The topological polar surface area (TPSA) is 123 Å². The average molecular weight is 502 g/mol. The molecule has 188 valence electrons. The van der Waals surface area contributed by atoms with Gasteiger partial charge >= 0.3 is 6.18 Å². The maximum absolute atomic E-state index is 12.9. The Balaban J connectivity index is 1.69. The van der Waals surface area contributed by atoms with Crippen LogP contribution in [0, 0.1) is 10.1 Å². The zero-order valence-electron chi connectivity index (χ0n) is 19.1. The van der Waals surface area contributed by atoms with Gasteiger partial charge in [-0.3, -0.25) is 19.7 Å². The van der Waals surface area contributed by atoms with Crippen molar-refractivity contribution in [1.29, 1.82) is 0 Å². The Bertz CT molecular complexity index is 1300. The van der Waals surface area contributed by atoms with E-state index in [4.69, 9.17) is 4.74 Å². The number of carbonyl (C=O) groups excluding carboxylic acids is 2. The van der Waals surface area contributed by atoms with Crippen LogP contribution in [0.15, 0.2) is 66.7 Å². The maximum atomic E-state index is 12.9. The fourth-order valence-corrected chi connectivity index (χ4v) is 3.19. The van der Waals surface area contributed by atoms with Crippen LogP contribution in [-0.2, 0) is 11.0 Å². The first kappa shape index (κ1) is 26.0. The van der Waals surface area contributed by atoms with Gasteiger partial charge < -0.3 is 20.7 Å². The molecule has 0 aromatic heterocycles. The molecule has 0 radical (unpaired) electrons. The van der Waals surface area contributed by atoms with E-state index in [1.54, 1.807) is 6.07 Å². The van der Waals surface area contributed by atoms with Gasteiger partial charge in [0, 0.05) is 29.1 Å². The zero-order chi connectivity index (χ0) is 26.5. The minimum atomic E-state index is -4.55. The summed E-state index contributed by atoms with van der Waals surface area (Å²) >= 11 is 0. The van der Waals surface area contributed by atoms with Crippen molar-refractivity contribution in [2.75, 3.05) is 23.1 Å². The van der Waals surface area contributed by atoms with Crippen molar-refractivity contribution in [1.82, 2.24) is 0 Å². The lowest BCUT2D eigenvalue weighted by molar-refractivity contribution is -0.384. The first-order chi connectivity index (χ1) is 17.0. The van der Waals surface area contributed by atoms with E-state index in [9.17, 15) is 32.9 Å². The number of ether oxygens (including phenoxy) is 1. The summed E-state index contributed by atoms with van der Waals surface area (Å²) in [6, 6.07) is 13.2. The molecule has 2 amide bonds. The summed E-state index contributed by atoms with van der Waals surface area (Å²) in [5.74, 6) is -0.946. The Morgan fingerprint density at radius 2 is 1.67 bits per heavy atom. The van der Waals surface area contributed by atoms with Crippen molar-refractivity contribution in [2.45, 2.75) is 19.1 Å². The number of nitro benzene ring substituents is 1. The van der Waals surface area contributed by atoms with Crippen LogP contribution in [0.25, 0.3) is 0 Å². The largest absolute Gasteiger partial charge is 0.495 e. The Morgan fingerprint density at radius 3 is 2.33 bits per heavy atom. The van der Waals surface area contributed by atoms with Crippen LogP contribution in [-0.4, -0.2) is 29.9 Å². The molecule has 0 saturated heterocycles. The minimum Gasteiger partial charge on any atom is -0.495 e. The third-order valence-electron chi connectivity index (χ3n) is 5.00. The van der Waals surface area contributed by atoms with Gasteiger partial charge in [-0.2, -0.15) is 13.2 Å². The van der Waals surface area contributed by atoms with Gasteiger partial charge in [0.05, 0.1) is 23.3 Å². The predicted molar refractivity (Wildman–Crippen MR) is 127 cm³/mol. The molecule has 0 bridgehead atoms. The van der Waals surface area contributed by atoms with Gasteiger partial charge in [-0.25, -0.2) is 0 Å². The van der Waals surface area contributed by atoms with Gasteiger partial charge in [0.2, 0.25) is 5.91 Å². The molecule has 12 heteroatoms. The second-order valence-corrected chi connectivity index (χ2v) is 7.61. The van der Waals surface area contributed by atoms with E-state index in [2.05, 4.69) is 16.0 Å². The van der Waals surface area contributed by atoms with Crippen molar-refractivity contribution in [3.8, 4) is 5.75 Å². The summed E-state index contributed by atoms with van der Waals surface area (Å²) in [6.07, 6.45) is -4.55. The number of hydrogen-bond donors (Lipinski definition) is 3. The van der Waals surface area contributed by atoms with E-state index >= 15 is 0 Å². The molecule has 0 heterocycles. The number of benzene rings is 3. The molecule has 3 rings (SSSR count). The number of nitrogens with zero attached hydrogens (tertiary/aromatic N) is 1. The number of hydrogen-bond acceptors (Lipinski definition) is 6. The SMILES string of the molecule is COc1ccc([N+](=O)[O-])cc1NC(=O)C(C)Nc1cccc(C(=O)Nc2cccc(C(F)(F)F)c2)c1. The molecule has 0 fully saturated rings. The van der Waals surface area contributed by atoms with Crippen molar-refractivity contribution in [3.63, 3.8) is 0 Å². The van der Waals surface area contributed by atoms with Crippen LogP contribution in [0.5, 0.6) is 5.75 Å². The van der Waals surface area contributed by atoms with E-state index < -0.39 is 34.5 Å². The van der Waals surface area contributed by atoms with Crippen molar-refractivity contribution >= 4 is 34.6 Å². The standard InChI is InChI=1S/C24H21F3N4O5/c1-14(22(32)30-20-13-19(31(34)35)9-10-21(20)36-2)28-17-7-3-5-15(11-17)23(33)29-18-8-4-6-16(12-18)24(25,26)27/h3-14,28H,1-2H3,(H,29,33)(H,30,32). The van der Waals surface area contributed by atoms with Crippen LogP contribution in [0.1, 0.15) is 22.8 Å².